The molecule has 0 unspecified atom stereocenters. The van der Waals surface area contributed by atoms with Crippen molar-refractivity contribution in [3.05, 3.63) is 54.1 Å². The summed E-state index contributed by atoms with van der Waals surface area (Å²) >= 11 is 0. The summed E-state index contributed by atoms with van der Waals surface area (Å²) in [7, 11) is 0. The molecule has 1 aromatic carbocycles. The number of nitrogens with zero attached hydrogens (tertiary/aromatic N) is 2. The number of esters is 2. The van der Waals surface area contributed by atoms with Crippen LogP contribution in [-0.4, -0.2) is 28.1 Å². The lowest BCUT2D eigenvalue weighted by molar-refractivity contribution is -0.170. The first-order chi connectivity index (χ1) is 12.1. The zero-order valence-corrected chi connectivity index (χ0v) is 14.4. The third kappa shape index (κ3) is 4.07. The Kier molecular flexibility index (Phi) is 5.16. The number of imidazole rings is 1. The average molecular weight is 342 g/mol. The molecular formula is C19H22N2O4. The van der Waals surface area contributed by atoms with E-state index in [4.69, 9.17) is 9.47 Å². The lowest BCUT2D eigenvalue weighted by Gasteiger charge is -2.18. The van der Waals surface area contributed by atoms with Crippen molar-refractivity contribution in [2.45, 2.75) is 32.9 Å². The predicted octanol–water partition coefficient (Wildman–Crippen LogP) is 2.73. The number of ether oxygens (including phenoxy) is 2. The van der Waals surface area contributed by atoms with Crippen molar-refractivity contribution in [3.63, 3.8) is 0 Å². The Balaban J connectivity index is 1.82. The van der Waals surface area contributed by atoms with Gasteiger partial charge < -0.3 is 14.0 Å². The van der Waals surface area contributed by atoms with Gasteiger partial charge in [-0.25, -0.2) is 9.78 Å². The van der Waals surface area contributed by atoms with Crippen LogP contribution in [-0.2, 0) is 25.6 Å². The fourth-order valence-electron chi connectivity index (χ4n) is 2.75. The van der Waals surface area contributed by atoms with Crippen molar-refractivity contribution in [1.82, 2.24) is 9.55 Å². The highest BCUT2D eigenvalue weighted by molar-refractivity contribution is 5.82. The van der Waals surface area contributed by atoms with Crippen LogP contribution < -0.4 is 0 Å². The molecule has 1 aliphatic carbocycles. The summed E-state index contributed by atoms with van der Waals surface area (Å²) in [6.45, 7) is 4.45. The van der Waals surface area contributed by atoms with Crippen molar-refractivity contribution >= 4 is 11.9 Å². The van der Waals surface area contributed by atoms with Crippen LogP contribution in [0.3, 0.4) is 0 Å². The predicted molar refractivity (Wildman–Crippen MR) is 90.5 cm³/mol. The molecule has 3 rings (SSSR count). The molecule has 0 bridgehead atoms. The first-order valence-electron chi connectivity index (χ1n) is 8.52. The van der Waals surface area contributed by atoms with E-state index in [0.717, 1.165) is 12.0 Å². The van der Waals surface area contributed by atoms with Gasteiger partial charge in [0.05, 0.1) is 12.5 Å². The smallest absolute Gasteiger partial charge is 0.355 e. The minimum atomic E-state index is -1.14. The number of hydrogen-bond donors (Lipinski definition) is 0. The highest BCUT2D eigenvalue weighted by atomic mass is 16.6. The molecule has 1 saturated carbocycles. The van der Waals surface area contributed by atoms with Gasteiger partial charge in [0.2, 0.25) is 0 Å². The van der Waals surface area contributed by atoms with E-state index in [1.807, 2.05) is 37.3 Å². The second-order valence-electron chi connectivity index (χ2n) is 6.29. The first-order valence-corrected chi connectivity index (χ1v) is 8.52. The Morgan fingerprint density at radius 1 is 1.32 bits per heavy atom. The monoisotopic (exact) mass is 342 g/mol. The summed E-state index contributed by atoms with van der Waals surface area (Å²) in [5, 5.41) is 0. The molecule has 0 aliphatic heterocycles. The Bertz CT molecular complexity index is 741. The quantitative estimate of drug-likeness (QED) is 0.724. The van der Waals surface area contributed by atoms with E-state index in [9.17, 15) is 9.59 Å². The van der Waals surface area contributed by atoms with Crippen LogP contribution in [0.5, 0.6) is 0 Å². The van der Waals surface area contributed by atoms with Gasteiger partial charge in [-0.1, -0.05) is 37.3 Å². The molecule has 0 N–H and O–H groups in total. The number of carbonyl (C=O) groups is 2. The second-order valence-corrected chi connectivity index (χ2v) is 6.29. The van der Waals surface area contributed by atoms with Gasteiger partial charge in [0.25, 0.3) is 6.10 Å². The molecular weight excluding hydrogens is 320 g/mol. The fraction of sp³-hybridized carbons (Fsp3) is 0.421. The van der Waals surface area contributed by atoms with Crippen molar-refractivity contribution in [3.8, 4) is 0 Å². The van der Waals surface area contributed by atoms with Crippen LogP contribution in [0.1, 0.15) is 37.8 Å². The van der Waals surface area contributed by atoms with Crippen LogP contribution >= 0.6 is 0 Å². The number of carbonyl (C=O) groups excluding carboxylic acids is 2. The Labute approximate surface area is 146 Å². The topological polar surface area (TPSA) is 70.4 Å². The third-order valence-corrected chi connectivity index (χ3v) is 4.32. The van der Waals surface area contributed by atoms with E-state index in [1.165, 1.54) is 0 Å². The maximum atomic E-state index is 12.4. The van der Waals surface area contributed by atoms with Crippen LogP contribution in [0.15, 0.2) is 42.7 Å². The lowest BCUT2D eigenvalue weighted by atomic mass is 10.2. The fourth-order valence-corrected chi connectivity index (χ4v) is 2.75. The minimum Gasteiger partial charge on any atom is -0.463 e. The molecule has 1 fully saturated rings. The summed E-state index contributed by atoms with van der Waals surface area (Å²) < 4.78 is 12.4. The molecule has 6 nitrogen and oxygen atoms in total. The standard InChI is InChI=1S/C19H22N2O4/c1-3-24-19(23)16(25-18(22)15-11-13(15)2)17-20-9-10-21(17)12-14-7-5-4-6-8-14/h4-10,13,15-16H,3,11-12H2,1-2H3/t13-,15+,16-/m1/s1. The normalized spacial score (nSPS) is 19.9. The Morgan fingerprint density at radius 2 is 2.04 bits per heavy atom. The largest absolute Gasteiger partial charge is 0.463 e. The van der Waals surface area contributed by atoms with E-state index in [1.54, 1.807) is 23.9 Å². The summed E-state index contributed by atoms with van der Waals surface area (Å²) in [6.07, 6.45) is 3.02. The van der Waals surface area contributed by atoms with Gasteiger partial charge >= 0.3 is 11.9 Å². The molecule has 132 valence electrons. The molecule has 1 aromatic heterocycles. The van der Waals surface area contributed by atoms with Crippen LogP contribution in [0.4, 0.5) is 0 Å². The van der Waals surface area contributed by atoms with Gasteiger partial charge in [-0.15, -0.1) is 0 Å². The highest BCUT2D eigenvalue weighted by Gasteiger charge is 2.43. The molecule has 3 atom stereocenters. The highest BCUT2D eigenvalue weighted by Crippen LogP contribution is 2.39. The van der Waals surface area contributed by atoms with Gasteiger partial charge in [0.1, 0.15) is 0 Å². The van der Waals surface area contributed by atoms with Gasteiger partial charge in [-0.2, -0.15) is 0 Å². The zero-order valence-electron chi connectivity index (χ0n) is 14.4. The molecule has 0 radical (unpaired) electrons. The number of benzene rings is 1. The van der Waals surface area contributed by atoms with E-state index in [0.29, 0.717) is 18.3 Å². The van der Waals surface area contributed by atoms with Crippen molar-refractivity contribution in [2.75, 3.05) is 6.61 Å². The van der Waals surface area contributed by atoms with Gasteiger partial charge in [0, 0.05) is 18.9 Å². The van der Waals surface area contributed by atoms with Gasteiger partial charge in [-0.05, 0) is 24.8 Å². The molecule has 0 saturated heterocycles. The molecule has 2 aromatic rings. The van der Waals surface area contributed by atoms with E-state index >= 15 is 0 Å². The molecule has 6 heteroatoms. The summed E-state index contributed by atoms with van der Waals surface area (Å²) in [5.41, 5.74) is 1.06. The minimum absolute atomic E-state index is 0.130. The van der Waals surface area contributed by atoms with Gasteiger partial charge in [0.15, 0.2) is 5.82 Å². The van der Waals surface area contributed by atoms with E-state index < -0.39 is 12.1 Å². The van der Waals surface area contributed by atoms with Crippen LogP contribution in [0.25, 0.3) is 0 Å². The van der Waals surface area contributed by atoms with Gasteiger partial charge in [-0.3, -0.25) is 4.79 Å². The summed E-state index contributed by atoms with van der Waals surface area (Å²) in [6, 6.07) is 9.81. The van der Waals surface area contributed by atoms with E-state index in [2.05, 4.69) is 4.98 Å². The van der Waals surface area contributed by atoms with Crippen LogP contribution in [0, 0.1) is 11.8 Å². The number of hydrogen-bond acceptors (Lipinski definition) is 5. The van der Waals surface area contributed by atoms with Crippen LogP contribution in [0.2, 0.25) is 0 Å². The maximum absolute atomic E-state index is 12.4. The third-order valence-electron chi connectivity index (χ3n) is 4.32. The second kappa shape index (κ2) is 7.51. The van der Waals surface area contributed by atoms with Crippen molar-refractivity contribution < 1.29 is 19.1 Å². The molecule has 25 heavy (non-hydrogen) atoms. The Hall–Kier alpha value is -2.63. The van der Waals surface area contributed by atoms with Crippen molar-refractivity contribution in [1.29, 1.82) is 0 Å². The average Bonchev–Trinajstić information content (AvgIpc) is 3.17. The lowest BCUT2D eigenvalue weighted by Crippen LogP contribution is -2.26. The zero-order chi connectivity index (χ0) is 17.8. The van der Waals surface area contributed by atoms with E-state index in [-0.39, 0.29) is 18.5 Å². The Morgan fingerprint density at radius 3 is 2.68 bits per heavy atom. The summed E-state index contributed by atoms with van der Waals surface area (Å²) in [5.74, 6) is -0.401. The number of rotatable bonds is 7. The maximum Gasteiger partial charge on any atom is 0.355 e. The summed E-state index contributed by atoms with van der Waals surface area (Å²) in [4.78, 5) is 28.8. The number of aromatic nitrogens is 2. The SMILES string of the molecule is CCOC(=O)[C@H](OC(=O)[C@H]1C[C@H]1C)c1nccn1Cc1ccccc1. The molecule has 1 heterocycles. The first kappa shape index (κ1) is 17.2. The molecule has 1 aliphatic rings. The van der Waals surface area contributed by atoms with Crippen molar-refractivity contribution in [2.24, 2.45) is 11.8 Å². The molecule has 0 amide bonds. The molecule has 0 spiro atoms.